The fourth-order valence-corrected chi connectivity index (χ4v) is 4.78. The first-order chi connectivity index (χ1) is 13.1. The summed E-state index contributed by atoms with van der Waals surface area (Å²) in [5, 5.41) is 6.71. The van der Waals surface area contributed by atoms with E-state index in [1.165, 1.54) is 6.42 Å². The van der Waals surface area contributed by atoms with Crippen molar-refractivity contribution in [1.82, 2.24) is 14.8 Å². The Kier molecular flexibility index (Phi) is 4.27. The number of allylic oxidation sites excluding steroid dienone is 2. The Bertz CT molecular complexity index is 1040. The number of aromatic nitrogens is 3. The smallest absolute Gasteiger partial charge is 0.163 e. The number of hydrogen-bond donors (Lipinski definition) is 0. The van der Waals surface area contributed by atoms with E-state index in [9.17, 15) is 0 Å². The number of halogens is 3. The summed E-state index contributed by atoms with van der Waals surface area (Å²) in [7, 11) is 0. The molecule has 136 valence electrons. The quantitative estimate of drug-likeness (QED) is 0.452. The average molecular weight is 417 g/mol. The molecule has 3 atom stereocenters. The van der Waals surface area contributed by atoms with E-state index in [2.05, 4.69) is 12.2 Å². The van der Waals surface area contributed by atoms with E-state index in [1.54, 1.807) is 6.07 Å². The highest BCUT2D eigenvalue weighted by Gasteiger charge is 2.39. The molecule has 0 aliphatic heterocycles. The standard InChI is InChI=1S/C21H16Cl3N3/c22-15-5-3-13(4-6-15)21-25-20(17-10-12-1-2-14(17)9-12)26-27(21)19-8-7-16(23)11-18(19)24/h1-8,11-12,14,17H,9-10H2/t12-,14+,17-/m1/s1. The van der Waals surface area contributed by atoms with Crippen molar-refractivity contribution in [2.45, 2.75) is 18.8 Å². The van der Waals surface area contributed by atoms with Gasteiger partial charge in [0.15, 0.2) is 11.6 Å². The van der Waals surface area contributed by atoms with Crippen LogP contribution < -0.4 is 0 Å². The van der Waals surface area contributed by atoms with Gasteiger partial charge in [0, 0.05) is 21.5 Å². The van der Waals surface area contributed by atoms with Crippen LogP contribution in [0.2, 0.25) is 15.1 Å². The molecular weight excluding hydrogens is 401 g/mol. The Morgan fingerprint density at radius 3 is 2.33 bits per heavy atom. The first kappa shape index (κ1) is 17.3. The lowest BCUT2D eigenvalue weighted by Crippen LogP contribution is -2.08. The molecule has 0 radical (unpaired) electrons. The lowest BCUT2D eigenvalue weighted by atomic mass is 9.93. The van der Waals surface area contributed by atoms with Crippen LogP contribution in [0.25, 0.3) is 17.1 Å². The molecule has 1 fully saturated rings. The highest BCUT2D eigenvalue weighted by molar-refractivity contribution is 6.35. The third kappa shape index (κ3) is 3.08. The fraction of sp³-hybridized carbons (Fsp3) is 0.238. The lowest BCUT2D eigenvalue weighted by molar-refractivity contribution is 0.551. The summed E-state index contributed by atoms with van der Waals surface area (Å²) in [6, 6.07) is 13.1. The van der Waals surface area contributed by atoms with Crippen LogP contribution in [0.3, 0.4) is 0 Å². The first-order valence-electron chi connectivity index (χ1n) is 8.95. The second-order valence-electron chi connectivity index (χ2n) is 7.19. The molecule has 2 aromatic carbocycles. The van der Waals surface area contributed by atoms with Crippen molar-refractivity contribution in [3.8, 4) is 17.1 Å². The number of benzene rings is 2. The summed E-state index contributed by atoms with van der Waals surface area (Å²) >= 11 is 18.6. The molecule has 1 aromatic heterocycles. The summed E-state index contributed by atoms with van der Waals surface area (Å²) in [6.45, 7) is 0. The van der Waals surface area contributed by atoms with E-state index in [4.69, 9.17) is 44.9 Å². The second kappa shape index (κ2) is 6.66. The van der Waals surface area contributed by atoms with Gasteiger partial charge in [-0.3, -0.25) is 0 Å². The second-order valence-corrected chi connectivity index (χ2v) is 8.47. The van der Waals surface area contributed by atoms with Crippen LogP contribution in [-0.4, -0.2) is 14.8 Å². The van der Waals surface area contributed by atoms with Gasteiger partial charge in [-0.05, 0) is 67.1 Å². The van der Waals surface area contributed by atoms with Gasteiger partial charge in [0.05, 0.1) is 10.7 Å². The Labute approximate surface area is 172 Å². The fourth-order valence-electron chi connectivity index (χ4n) is 4.17. The van der Waals surface area contributed by atoms with Crippen LogP contribution in [0.4, 0.5) is 0 Å². The highest BCUT2D eigenvalue weighted by Crippen LogP contribution is 2.48. The Hall–Kier alpha value is -1.81. The highest BCUT2D eigenvalue weighted by atomic mass is 35.5. The molecule has 3 nitrogen and oxygen atoms in total. The molecule has 5 rings (SSSR count). The van der Waals surface area contributed by atoms with Crippen molar-refractivity contribution in [2.24, 2.45) is 11.8 Å². The molecule has 3 aromatic rings. The minimum atomic E-state index is 0.360. The van der Waals surface area contributed by atoms with Gasteiger partial charge in [-0.15, -0.1) is 0 Å². The first-order valence-corrected chi connectivity index (χ1v) is 10.1. The Balaban J connectivity index is 1.65. The molecule has 2 bridgehead atoms. The summed E-state index contributed by atoms with van der Waals surface area (Å²) in [4.78, 5) is 4.93. The number of nitrogens with zero attached hydrogens (tertiary/aromatic N) is 3. The third-order valence-electron chi connectivity index (χ3n) is 5.47. The van der Waals surface area contributed by atoms with Crippen LogP contribution in [0.15, 0.2) is 54.6 Å². The molecule has 2 aliphatic rings. The zero-order valence-corrected chi connectivity index (χ0v) is 16.6. The molecule has 0 saturated heterocycles. The van der Waals surface area contributed by atoms with Crippen LogP contribution in [0, 0.1) is 11.8 Å². The molecule has 1 heterocycles. The van der Waals surface area contributed by atoms with Gasteiger partial charge in [0.1, 0.15) is 0 Å². The molecular formula is C21H16Cl3N3. The normalized spacial score (nSPS) is 23.3. The molecule has 1 saturated carbocycles. The zero-order valence-electron chi connectivity index (χ0n) is 14.3. The van der Waals surface area contributed by atoms with Crippen LogP contribution in [-0.2, 0) is 0 Å². The van der Waals surface area contributed by atoms with E-state index >= 15 is 0 Å². The van der Waals surface area contributed by atoms with Gasteiger partial charge >= 0.3 is 0 Å². The van der Waals surface area contributed by atoms with Gasteiger partial charge in [0.25, 0.3) is 0 Å². The van der Waals surface area contributed by atoms with E-state index < -0.39 is 0 Å². The van der Waals surface area contributed by atoms with Crippen LogP contribution >= 0.6 is 34.8 Å². The molecule has 6 heteroatoms. The molecule has 2 aliphatic carbocycles. The SMILES string of the molecule is Clc1ccc(-c2nc([C@@H]3C[C@@H]4C=C[C@H]3C4)nn2-c2ccc(Cl)cc2Cl)cc1. The predicted molar refractivity (Wildman–Crippen MR) is 110 cm³/mol. The van der Waals surface area contributed by atoms with Crippen molar-refractivity contribution in [1.29, 1.82) is 0 Å². The van der Waals surface area contributed by atoms with E-state index in [-0.39, 0.29) is 0 Å². The molecule has 27 heavy (non-hydrogen) atoms. The molecule has 0 unspecified atom stereocenters. The Morgan fingerprint density at radius 2 is 1.67 bits per heavy atom. The maximum Gasteiger partial charge on any atom is 0.163 e. The molecule has 0 spiro atoms. The van der Waals surface area contributed by atoms with Crippen molar-refractivity contribution < 1.29 is 0 Å². The van der Waals surface area contributed by atoms with E-state index in [1.807, 2.05) is 41.1 Å². The molecule has 0 amide bonds. The van der Waals surface area contributed by atoms with Gasteiger partial charge in [0.2, 0.25) is 0 Å². The van der Waals surface area contributed by atoms with Gasteiger partial charge in [-0.2, -0.15) is 5.10 Å². The molecule has 0 N–H and O–H groups in total. The summed E-state index contributed by atoms with van der Waals surface area (Å²) in [5.74, 6) is 3.19. The summed E-state index contributed by atoms with van der Waals surface area (Å²) in [5.41, 5.74) is 1.71. The van der Waals surface area contributed by atoms with Crippen molar-refractivity contribution in [3.05, 3.63) is 75.5 Å². The summed E-state index contributed by atoms with van der Waals surface area (Å²) < 4.78 is 1.83. The Morgan fingerprint density at radius 1 is 0.889 bits per heavy atom. The van der Waals surface area contributed by atoms with Gasteiger partial charge in [-0.25, -0.2) is 9.67 Å². The minimum Gasteiger partial charge on any atom is -0.211 e. The number of rotatable bonds is 3. The van der Waals surface area contributed by atoms with Crippen LogP contribution in [0.1, 0.15) is 24.6 Å². The topological polar surface area (TPSA) is 30.7 Å². The minimum absolute atomic E-state index is 0.360. The summed E-state index contributed by atoms with van der Waals surface area (Å²) in [6.07, 6.45) is 6.96. The lowest BCUT2D eigenvalue weighted by Gasteiger charge is -2.13. The van der Waals surface area contributed by atoms with Crippen LogP contribution in [0.5, 0.6) is 0 Å². The number of fused-ring (bicyclic) bond motifs is 2. The maximum absolute atomic E-state index is 6.48. The van der Waals surface area contributed by atoms with Gasteiger partial charge in [-0.1, -0.05) is 47.0 Å². The predicted octanol–water partition coefficient (Wildman–Crippen LogP) is 6.57. The monoisotopic (exact) mass is 415 g/mol. The van der Waals surface area contributed by atoms with Gasteiger partial charge < -0.3 is 0 Å². The van der Waals surface area contributed by atoms with Crippen molar-refractivity contribution in [3.63, 3.8) is 0 Å². The largest absolute Gasteiger partial charge is 0.211 e. The maximum atomic E-state index is 6.48. The average Bonchev–Trinajstić information content (AvgIpc) is 3.37. The van der Waals surface area contributed by atoms with Crippen molar-refractivity contribution in [2.75, 3.05) is 0 Å². The zero-order chi connectivity index (χ0) is 18.5. The van der Waals surface area contributed by atoms with Crippen molar-refractivity contribution >= 4 is 34.8 Å². The number of hydrogen-bond acceptors (Lipinski definition) is 2. The van der Waals surface area contributed by atoms with E-state index in [0.29, 0.717) is 32.8 Å². The third-order valence-corrected chi connectivity index (χ3v) is 6.26. The van der Waals surface area contributed by atoms with E-state index in [0.717, 1.165) is 29.3 Å².